The molecule has 2 aromatic rings. The fraction of sp³-hybridized carbons (Fsp3) is 0.182. The zero-order valence-electron chi connectivity index (χ0n) is 14.4. The molecule has 0 radical (unpaired) electrons. The number of hydrogen-bond acceptors (Lipinski definition) is 4. The van der Waals surface area contributed by atoms with Crippen LogP contribution in [-0.2, 0) is 0 Å². The number of nitrogens with zero attached hydrogens (tertiary/aromatic N) is 2. The lowest BCUT2D eigenvalue weighted by atomic mass is 9.84. The summed E-state index contributed by atoms with van der Waals surface area (Å²) in [5.74, 6) is 0.515. The van der Waals surface area contributed by atoms with Crippen molar-refractivity contribution < 1.29 is 0 Å². The summed E-state index contributed by atoms with van der Waals surface area (Å²) >= 11 is 0. The first-order valence-electron chi connectivity index (χ1n) is 8.89. The SMILES string of the molecule is N#CNC1=N[C@@H](c2ccccc2)C2=C(N1)/C(=C/c1ccccc1)CCC2. The lowest BCUT2D eigenvalue weighted by Crippen LogP contribution is -2.39. The van der Waals surface area contributed by atoms with E-state index in [1.807, 2.05) is 30.5 Å². The molecule has 128 valence electrons. The molecule has 0 aromatic heterocycles. The average molecular weight is 340 g/mol. The van der Waals surface area contributed by atoms with Crippen LogP contribution >= 0.6 is 0 Å². The van der Waals surface area contributed by atoms with Crippen molar-refractivity contribution in [3.8, 4) is 6.19 Å². The van der Waals surface area contributed by atoms with Gasteiger partial charge in [0.2, 0.25) is 5.96 Å². The highest BCUT2D eigenvalue weighted by molar-refractivity contribution is 5.86. The molecule has 0 bridgehead atoms. The normalized spacial score (nSPS) is 20.7. The lowest BCUT2D eigenvalue weighted by Gasteiger charge is -2.32. The summed E-state index contributed by atoms with van der Waals surface area (Å²) in [6, 6.07) is 20.6. The van der Waals surface area contributed by atoms with Crippen molar-refractivity contribution in [1.29, 1.82) is 5.26 Å². The Kier molecular flexibility index (Phi) is 4.53. The molecule has 0 saturated heterocycles. The molecule has 4 nitrogen and oxygen atoms in total. The molecule has 0 spiro atoms. The van der Waals surface area contributed by atoms with Gasteiger partial charge in [-0.1, -0.05) is 60.7 Å². The van der Waals surface area contributed by atoms with Gasteiger partial charge in [0.25, 0.3) is 0 Å². The van der Waals surface area contributed by atoms with Crippen LogP contribution in [0.5, 0.6) is 0 Å². The van der Waals surface area contributed by atoms with Gasteiger partial charge in [-0.15, -0.1) is 0 Å². The van der Waals surface area contributed by atoms with E-state index in [0.717, 1.165) is 30.5 Å². The van der Waals surface area contributed by atoms with Crippen molar-refractivity contribution in [3.05, 3.63) is 88.6 Å². The minimum Gasteiger partial charge on any atom is -0.325 e. The molecule has 1 atom stereocenters. The van der Waals surface area contributed by atoms with Crippen LogP contribution in [0.4, 0.5) is 0 Å². The maximum atomic E-state index is 9.06. The Hall–Kier alpha value is -3.32. The second kappa shape index (κ2) is 7.28. The first-order chi connectivity index (χ1) is 12.8. The van der Waals surface area contributed by atoms with E-state index < -0.39 is 0 Å². The standard InChI is InChI=1S/C22H20N4/c23-15-24-22-25-20(17-10-5-2-6-11-17)19-13-7-12-18(21(19)26-22)14-16-8-3-1-4-9-16/h1-6,8-11,14,20H,7,12-13H2,(H2,24,25,26)/b18-14+/t20-/m0/s1. The van der Waals surface area contributed by atoms with Crippen LogP contribution in [0.1, 0.15) is 36.4 Å². The van der Waals surface area contributed by atoms with E-state index >= 15 is 0 Å². The van der Waals surface area contributed by atoms with Crippen LogP contribution in [0, 0.1) is 11.5 Å². The molecule has 0 unspecified atom stereocenters. The summed E-state index contributed by atoms with van der Waals surface area (Å²) in [6.45, 7) is 0. The summed E-state index contributed by atoms with van der Waals surface area (Å²) in [6.07, 6.45) is 7.36. The molecule has 1 aliphatic heterocycles. The van der Waals surface area contributed by atoms with E-state index in [-0.39, 0.29) is 6.04 Å². The number of benzene rings is 2. The number of nitrogens with one attached hydrogen (secondary N) is 2. The van der Waals surface area contributed by atoms with E-state index in [9.17, 15) is 0 Å². The first kappa shape index (κ1) is 16.2. The number of allylic oxidation sites excluding steroid dienone is 1. The molecule has 1 heterocycles. The predicted octanol–water partition coefficient (Wildman–Crippen LogP) is 4.28. The van der Waals surface area contributed by atoms with Gasteiger partial charge in [-0.3, -0.25) is 5.32 Å². The zero-order chi connectivity index (χ0) is 17.8. The van der Waals surface area contributed by atoms with Gasteiger partial charge in [0.1, 0.15) is 6.04 Å². The molecule has 4 rings (SSSR count). The number of nitriles is 1. The maximum absolute atomic E-state index is 9.06. The molecule has 2 aliphatic rings. The molecule has 1 aliphatic carbocycles. The summed E-state index contributed by atoms with van der Waals surface area (Å²) in [5.41, 5.74) is 6.02. The smallest absolute Gasteiger partial charge is 0.210 e. The minimum atomic E-state index is -0.0530. The van der Waals surface area contributed by atoms with Gasteiger partial charge in [-0.2, -0.15) is 5.26 Å². The fourth-order valence-electron chi connectivity index (χ4n) is 3.64. The molecule has 0 saturated carbocycles. The van der Waals surface area contributed by atoms with Gasteiger partial charge in [0, 0.05) is 5.70 Å². The monoisotopic (exact) mass is 340 g/mol. The van der Waals surface area contributed by atoms with Gasteiger partial charge >= 0.3 is 0 Å². The third kappa shape index (κ3) is 3.25. The van der Waals surface area contributed by atoms with E-state index in [4.69, 9.17) is 10.3 Å². The second-order valence-corrected chi connectivity index (χ2v) is 6.49. The van der Waals surface area contributed by atoms with Crippen molar-refractivity contribution in [2.75, 3.05) is 0 Å². The third-order valence-corrected chi connectivity index (χ3v) is 4.80. The van der Waals surface area contributed by atoms with E-state index in [1.54, 1.807) is 0 Å². The van der Waals surface area contributed by atoms with Crippen molar-refractivity contribution in [2.24, 2.45) is 4.99 Å². The number of rotatable bonds is 2. The Morgan fingerprint density at radius 3 is 2.50 bits per heavy atom. The van der Waals surface area contributed by atoms with Gasteiger partial charge < -0.3 is 5.32 Å². The Morgan fingerprint density at radius 2 is 1.77 bits per heavy atom. The number of guanidine groups is 1. The maximum Gasteiger partial charge on any atom is 0.210 e. The largest absolute Gasteiger partial charge is 0.325 e. The third-order valence-electron chi connectivity index (χ3n) is 4.80. The molecular weight excluding hydrogens is 320 g/mol. The van der Waals surface area contributed by atoms with Crippen LogP contribution in [0.15, 0.2) is 82.5 Å². The van der Waals surface area contributed by atoms with Crippen molar-refractivity contribution in [1.82, 2.24) is 10.6 Å². The highest BCUT2D eigenvalue weighted by Crippen LogP contribution is 2.40. The molecule has 2 N–H and O–H groups in total. The Labute approximate surface area is 153 Å². The number of hydrogen-bond donors (Lipinski definition) is 2. The van der Waals surface area contributed by atoms with Crippen molar-refractivity contribution >= 4 is 12.0 Å². The highest BCUT2D eigenvalue weighted by Gasteiger charge is 2.29. The lowest BCUT2D eigenvalue weighted by molar-refractivity contribution is 0.651. The summed E-state index contributed by atoms with van der Waals surface area (Å²) in [4.78, 5) is 4.75. The van der Waals surface area contributed by atoms with Crippen LogP contribution < -0.4 is 10.6 Å². The molecular formula is C22H20N4. The topological polar surface area (TPSA) is 60.2 Å². The minimum absolute atomic E-state index is 0.0530. The first-order valence-corrected chi connectivity index (χ1v) is 8.89. The molecule has 2 aromatic carbocycles. The van der Waals surface area contributed by atoms with Gasteiger partial charge in [0.15, 0.2) is 6.19 Å². The quantitative estimate of drug-likeness (QED) is 0.634. The van der Waals surface area contributed by atoms with Crippen LogP contribution in [0.3, 0.4) is 0 Å². The van der Waals surface area contributed by atoms with Crippen molar-refractivity contribution in [3.63, 3.8) is 0 Å². The summed E-state index contributed by atoms with van der Waals surface area (Å²) in [7, 11) is 0. The van der Waals surface area contributed by atoms with Crippen molar-refractivity contribution in [2.45, 2.75) is 25.3 Å². The molecule has 4 heteroatoms. The Bertz CT molecular complexity index is 918. The van der Waals surface area contributed by atoms with Gasteiger partial charge in [-0.25, -0.2) is 4.99 Å². The van der Waals surface area contributed by atoms with E-state index in [1.165, 1.54) is 16.7 Å². The van der Waals surface area contributed by atoms with Crippen LogP contribution in [-0.4, -0.2) is 5.96 Å². The van der Waals surface area contributed by atoms with E-state index in [0.29, 0.717) is 5.96 Å². The summed E-state index contributed by atoms with van der Waals surface area (Å²) < 4.78 is 0. The van der Waals surface area contributed by atoms with E-state index in [2.05, 4.69) is 53.1 Å². The van der Waals surface area contributed by atoms with Gasteiger partial charge in [0.05, 0.1) is 0 Å². The second-order valence-electron chi connectivity index (χ2n) is 6.49. The summed E-state index contributed by atoms with van der Waals surface area (Å²) in [5, 5.41) is 15.1. The molecule has 26 heavy (non-hydrogen) atoms. The Morgan fingerprint density at radius 1 is 1.04 bits per heavy atom. The predicted molar refractivity (Wildman–Crippen MR) is 104 cm³/mol. The molecule has 0 amide bonds. The van der Waals surface area contributed by atoms with Gasteiger partial charge in [-0.05, 0) is 47.6 Å². The zero-order valence-corrected chi connectivity index (χ0v) is 14.4. The highest BCUT2D eigenvalue weighted by atomic mass is 15.2. The average Bonchev–Trinajstić information content (AvgIpc) is 2.70. The Balaban J connectivity index is 1.78. The molecule has 0 fully saturated rings. The van der Waals surface area contributed by atoms with Crippen LogP contribution in [0.2, 0.25) is 0 Å². The number of aliphatic imine (C=N–C) groups is 1. The fourth-order valence-corrected chi connectivity index (χ4v) is 3.64. The van der Waals surface area contributed by atoms with Crippen LogP contribution in [0.25, 0.3) is 6.08 Å².